The first-order valence-electron chi connectivity index (χ1n) is 10.7. The molecule has 1 atom stereocenters. The smallest absolute Gasteiger partial charge is 0.264 e. The number of methoxy groups -OCH3 is 1. The molecule has 1 aliphatic heterocycles. The predicted octanol–water partition coefficient (Wildman–Crippen LogP) is 5.13. The molecule has 3 aromatic rings. The average Bonchev–Trinajstić information content (AvgIpc) is 3.37. The molecule has 2 heterocycles. The fraction of sp³-hybridized carbons (Fsp3) is 0.320. The van der Waals surface area contributed by atoms with Crippen molar-refractivity contribution in [3.8, 4) is 5.75 Å². The second kappa shape index (κ2) is 11.0. The SMILES string of the molecule is COc1cccc(COC(CN2CCN(C(=O)c3cccs3)CC2)c2ccc(Cl)cc2)c1. The highest BCUT2D eigenvalue weighted by atomic mass is 35.5. The molecular formula is C25H27ClN2O3S. The highest BCUT2D eigenvalue weighted by Gasteiger charge is 2.25. The van der Waals surface area contributed by atoms with Crippen LogP contribution in [0.1, 0.15) is 26.9 Å². The first-order valence-corrected chi connectivity index (χ1v) is 11.9. The van der Waals surface area contributed by atoms with Gasteiger partial charge in [0.1, 0.15) is 5.75 Å². The largest absolute Gasteiger partial charge is 0.497 e. The number of carbonyl (C=O) groups is 1. The highest BCUT2D eigenvalue weighted by Crippen LogP contribution is 2.24. The topological polar surface area (TPSA) is 42.0 Å². The van der Waals surface area contributed by atoms with Crippen LogP contribution in [-0.2, 0) is 11.3 Å². The van der Waals surface area contributed by atoms with E-state index in [4.69, 9.17) is 21.1 Å². The van der Waals surface area contributed by atoms with Crippen molar-refractivity contribution in [1.82, 2.24) is 9.80 Å². The van der Waals surface area contributed by atoms with E-state index in [1.54, 1.807) is 7.11 Å². The summed E-state index contributed by atoms with van der Waals surface area (Å²) in [6.45, 7) is 4.33. The van der Waals surface area contributed by atoms with E-state index in [0.717, 1.165) is 54.5 Å². The van der Waals surface area contributed by atoms with E-state index in [0.29, 0.717) is 11.6 Å². The Hall–Kier alpha value is -2.38. The Balaban J connectivity index is 1.39. The Kier molecular flexibility index (Phi) is 7.81. The van der Waals surface area contributed by atoms with Crippen molar-refractivity contribution in [3.05, 3.63) is 87.1 Å². The Morgan fingerprint density at radius 2 is 1.84 bits per heavy atom. The monoisotopic (exact) mass is 470 g/mol. The predicted molar refractivity (Wildman–Crippen MR) is 129 cm³/mol. The van der Waals surface area contributed by atoms with Crippen molar-refractivity contribution in [2.45, 2.75) is 12.7 Å². The average molecular weight is 471 g/mol. The van der Waals surface area contributed by atoms with Crippen LogP contribution in [0.5, 0.6) is 5.75 Å². The summed E-state index contributed by atoms with van der Waals surface area (Å²) in [7, 11) is 1.67. The van der Waals surface area contributed by atoms with Crippen LogP contribution in [0.4, 0.5) is 0 Å². The molecule has 7 heteroatoms. The number of thiophene rings is 1. The van der Waals surface area contributed by atoms with Gasteiger partial charge in [-0.25, -0.2) is 0 Å². The molecule has 2 aromatic carbocycles. The minimum Gasteiger partial charge on any atom is -0.497 e. The number of amides is 1. The van der Waals surface area contributed by atoms with Crippen molar-refractivity contribution in [3.63, 3.8) is 0 Å². The molecular weight excluding hydrogens is 444 g/mol. The molecule has 0 N–H and O–H groups in total. The van der Waals surface area contributed by atoms with Gasteiger partial charge in [-0.15, -0.1) is 11.3 Å². The summed E-state index contributed by atoms with van der Waals surface area (Å²) in [5.74, 6) is 0.948. The Labute approximate surface area is 198 Å². The molecule has 32 heavy (non-hydrogen) atoms. The number of ether oxygens (including phenoxy) is 2. The standard InChI is InChI=1S/C25H27ClN2O3S/c1-30-22-5-2-4-19(16-22)18-31-23(20-7-9-21(26)10-8-20)17-27-11-13-28(14-12-27)25(29)24-6-3-15-32-24/h2-10,15-16,23H,11-14,17-18H2,1H3. The number of benzene rings is 2. The van der Waals surface area contributed by atoms with Gasteiger partial charge >= 0.3 is 0 Å². The maximum Gasteiger partial charge on any atom is 0.264 e. The molecule has 1 aromatic heterocycles. The zero-order valence-electron chi connectivity index (χ0n) is 18.1. The van der Waals surface area contributed by atoms with E-state index >= 15 is 0 Å². The number of nitrogens with zero attached hydrogens (tertiary/aromatic N) is 2. The van der Waals surface area contributed by atoms with E-state index in [-0.39, 0.29) is 12.0 Å². The van der Waals surface area contributed by atoms with E-state index in [9.17, 15) is 4.79 Å². The summed E-state index contributed by atoms with van der Waals surface area (Å²) in [5, 5.41) is 2.65. The third-order valence-electron chi connectivity index (χ3n) is 5.64. The maximum absolute atomic E-state index is 12.6. The fourth-order valence-electron chi connectivity index (χ4n) is 3.81. The van der Waals surface area contributed by atoms with E-state index in [1.165, 1.54) is 11.3 Å². The third-order valence-corrected chi connectivity index (χ3v) is 6.75. The number of halogens is 1. The van der Waals surface area contributed by atoms with Gasteiger partial charge in [-0.05, 0) is 46.8 Å². The zero-order valence-corrected chi connectivity index (χ0v) is 19.6. The quantitative estimate of drug-likeness (QED) is 0.458. The highest BCUT2D eigenvalue weighted by molar-refractivity contribution is 7.12. The summed E-state index contributed by atoms with van der Waals surface area (Å²) in [4.78, 5) is 17.7. The first kappa shape index (κ1) is 22.8. The van der Waals surface area contributed by atoms with E-state index in [1.807, 2.05) is 70.9 Å². The van der Waals surface area contributed by atoms with Crippen molar-refractivity contribution in [2.24, 2.45) is 0 Å². The van der Waals surface area contributed by atoms with Crippen molar-refractivity contribution in [2.75, 3.05) is 39.8 Å². The third kappa shape index (κ3) is 5.90. The van der Waals surface area contributed by atoms with Gasteiger partial charge in [-0.3, -0.25) is 9.69 Å². The second-order valence-corrected chi connectivity index (χ2v) is 9.16. The minimum absolute atomic E-state index is 0.0991. The van der Waals surface area contributed by atoms with Gasteiger partial charge in [-0.1, -0.05) is 41.9 Å². The van der Waals surface area contributed by atoms with Gasteiger partial charge in [0.15, 0.2) is 0 Å². The van der Waals surface area contributed by atoms with Gasteiger partial charge in [-0.2, -0.15) is 0 Å². The molecule has 1 aliphatic rings. The Morgan fingerprint density at radius 1 is 1.06 bits per heavy atom. The lowest BCUT2D eigenvalue weighted by atomic mass is 10.1. The molecule has 168 valence electrons. The van der Waals surface area contributed by atoms with Gasteiger partial charge in [0.05, 0.1) is 24.7 Å². The summed E-state index contributed by atoms with van der Waals surface area (Å²) in [5.41, 5.74) is 2.16. The lowest BCUT2D eigenvalue weighted by Crippen LogP contribution is -2.49. The number of hydrogen-bond acceptors (Lipinski definition) is 5. The number of piperazine rings is 1. The van der Waals surface area contributed by atoms with Gasteiger partial charge < -0.3 is 14.4 Å². The summed E-state index contributed by atoms with van der Waals surface area (Å²) >= 11 is 7.60. The van der Waals surface area contributed by atoms with Crippen molar-refractivity contribution < 1.29 is 14.3 Å². The van der Waals surface area contributed by atoms with Crippen LogP contribution in [0.15, 0.2) is 66.0 Å². The molecule has 4 rings (SSSR count). The van der Waals surface area contributed by atoms with Crippen LogP contribution in [0, 0.1) is 0 Å². The molecule has 0 radical (unpaired) electrons. The van der Waals surface area contributed by atoms with Crippen LogP contribution in [0.25, 0.3) is 0 Å². The van der Waals surface area contributed by atoms with Crippen LogP contribution < -0.4 is 4.74 Å². The molecule has 0 bridgehead atoms. The van der Waals surface area contributed by atoms with Gasteiger partial charge in [0.25, 0.3) is 5.91 Å². The van der Waals surface area contributed by atoms with Gasteiger partial charge in [0, 0.05) is 37.7 Å². The molecule has 1 saturated heterocycles. The molecule has 1 fully saturated rings. The molecule has 5 nitrogen and oxygen atoms in total. The normalized spacial score (nSPS) is 15.5. The zero-order chi connectivity index (χ0) is 22.3. The van der Waals surface area contributed by atoms with Crippen molar-refractivity contribution >= 4 is 28.8 Å². The van der Waals surface area contributed by atoms with Crippen LogP contribution in [-0.4, -0.2) is 55.5 Å². The van der Waals surface area contributed by atoms with Crippen molar-refractivity contribution in [1.29, 1.82) is 0 Å². The first-order chi connectivity index (χ1) is 15.6. The van der Waals surface area contributed by atoms with Crippen LogP contribution >= 0.6 is 22.9 Å². The molecule has 1 unspecified atom stereocenters. The molecule has 0 saturated carbocycles. The minimum atomic E-state index is -0.0991. The number of carbonyl (C=O) groups excluding carboxylic acids is 1. The van der Waals surface area contributed by atoms with Gasteiger partial charge in [0.2, 0.25) is 0 Å². The molecule has 0 aliphatic carbocycles. The van der Waals surface area contributed by atoms with Crippen LogP contribution in [0.2, 0.25) is 5.02 Å². The molecule has 0 spiro atoms. The van der Waals surface area contributed by atoms with E-state index in [2.05, 4.69) is 4.90 Å². The fourth-order valence-corrected chi connectivity index (χ4v) is 4.63. The summed E-state index contributed by atoms with van der Waals surface area (Å²) in [6.07, 6.45) is -0.0991. The summed E-state index contributed by atoms with van der Waals surface area (Å²) in [6, 6.07) is 19.6. The Morgan fingerprint density at radius 3 is 2.53 bits per heavy atom. The van der Waals surface area contributed by atoms with Crippen LogP contribution in [0.3, 0.4) is 0 Å². The second-order valence-electron chi connectivity index (χ2n) is 7.77. The Bertz CT molecular complexity index is 1000. The lowest BCUT2D eigenvalue weighted by molar-refractivity contribution is 0.00343. The van der Waals surface area contributed by atoms with E-state index < -0.39 is 0 Å². The molecule has 1 amide bonds. The number of hydrogen-bond donors (Lipinski definition) is 0. The summed E-state index contributed by atoms with van der Waals surface area (Å²) < 4.78 is 11.7. The lowest BCUT2D eigenvalue weighted by Gasteiger charge is -2.36. The number of rotatable bonds is 8. The maximum atomic E-state index is 12.6.